The molecule has 3 rings (SSSR count). The smallest absolute Gasteiger partial charge is 0.107 e. The van der Waals surface area contributed by atoms with Gasteiger partial charge in [0.1, 0.15) is 5.82 Å². The van der Waals surface area contributed by atoms with Gasteiger partial charge in [-0.05, 0) is 43.0 Å². The standard InChI is InChI=1S/C17H23N5S/c1-23-22-14-4-2-3-13(9-14)15-11-20-17(21-15)8-7-16(18)19-10-12-5-6-12/h2-4,7-9,11-12,19-22H,5-6,10,18H2,1H3/b16-7+,17-8-. The summed E-state index contributed by atoms with van der Waals surface area (Å²) in [5, 5.41) is 9.83. The van der Waals surface area contributed by atoms with Gasteiger partial charge in [0.2, 0.25) is 0 Å². The highest BCUT2D eigenvalue weighted by Gasteiger charge is 2.20. The molecule has 2 aliphatic rings. The van der Waals surface area contributed by atoms with E-state index < -0.39 is 0 Å². The monoisotopic (exact) mass is 329 g/mol. The molecule has 0 atom stereocenters. The lowest BCUT2D eigenvalue weighted by molar-refractivity contribution is 0.710. The van der Waals surface area contributed by atoms with Gasteiger partial charge in [0.05, 0.1) is 11.5 Å². The highest BCUT2D eigenvalue weighted by atomic mass is 32.2. The summed E-state index contributed by atoms with van der Waals surface area (Å²) in [4.78, 5) is 0. The number of nitrogens with two attached hydrogens (primary N) is 1. The van der Waals surface area contributed by atoms with Gasteiger partial charge in [0, 0.05) is 30.3 Å². The van der Waals surface area contributed by atoms with Gasteiger partial charge < -0.3 is 26.4 Å². The number of rotatable bonds is 7. The summed E-state index contributed by atoms with van der Waals surface area (Å²) in [6.45, 7) is 0.977. The minimum Gasteiger partial charge on any atom is -0.386 e. The van der Waals surface area contributed by atoms with Crippen LogP contribution in [0.4, 0.5) is 5.69 Å². The quantitative estimate of drug-likeness (QED) is 0.495. The lowest BCUT2D eigenvalue weighted by Gasteiger charge is -2.08. The Morgan fingerprint density at radius 3 is 3.09 bits per heavy atom. The molecule has 0 bridgehead atoms. The lowest BCUT2D eigenvalue weighted by atomic mass is 10.1. The summed E-state index contributed by atoms with van der Waals surface area (Å²) in [5.41, 5.74) is 9.20. The van der Waals surface area contributed by atoms with Gasteiger partial charge >= 0.3 is 0 Å². The first-order valence-electron chi connectivity index (χ1n) is 7.79. The molecule has 1 aromatic carbocycles. The molecule has 6 heteroatoms. The van der Waals surface area contributed by atoms with Gasteiger partial charge in [-0.3, -0.25) is 0 Å². The lowest BCUT2D eigenvalue weighted by Crippen LogP contribution is -2.22. The van der Waals surface area contributed by atoms with Gasteiger partial charge in [0.15, 0.2) is 0 Å². The number of benzene rings is 1. The Morgan fingerprint density at radius 2 is 2.30 bits per heavy atom. The molecule has 0 amide bonds. The van der Waals surface area contributed by atoms with Crippen LogP contribution in [0.15, 0.2) is 54.3 Å². The Balaban J connectivity index is 1.57. The molecule has 0 radical (unpaired) electrons. The summed E-state index contributed by atoms with van der Waals surface area (Å²) >= 11 is 1.58. The van der Waals surface area contributed by atoms with E-state index in [0.29, 0.717) is 5.82 Å². The zero-order valence-electron chi connectivity index (χ0n) is 13.2. The van der Waals surface area contributed by atoms with Crippen LogP contribution in [0.3, 0.4) is 0 Å². The molecule has 1 aliphatic heterocycles. The second kappa shape index (κ2) is 7.37. The van der Waals surface area contributed by atoms with E-state index in [1.807, 2.05) is 30.7 Å². The molecule has 6 N–H and O–H groups in total. The third kappa shape index (κ3) is 4.63. The second-order valence-electron chi connectivity index (χ2n) is 5.74. The fraction of sp³-hybridized carbons (Fsp3) is 0.294. The van der Waals surface area contributed by atoms with Gasteiger partial charge in [-0.2, -0.15) is 0 Å². The van der Waals surface area contributed by atoms with Crippen LogP contribution in [0.5, 0.6) is 0 Å². The highest BCUT2D eigenvalue weighted by Crippen LogP contribution is 2.27. The van der Waals surface area contributed by atoms with Crippen molar-refractivity contribution in [3.63, 3.8) is 0 Å². The summed E-state index contributed by atoms with van der Waals surface area (Å²) in [6.07, 6.45) is 10.5. The largest absolute Gasteiger partial charge is 0.386 e. The molecule has 1 heterocycles. The minimum atomic E-state index is 0.701. The van der Waals surface area contributed by atoms with Crippen molar-refractivity contribution in [3.05, 3.63) is 59.8 Å². The van der Waals surface area contributed by atoms with Crippen molar-refractivity contribution < 1.29 is 0 Å². The number of anilines is 1. The molecule has 0 saturated heterocycles. The number of nitrogens with one attached hydrogen (secondary N) is 4. The van der Waals surface area contributed by atoms with E-state index in [4.69, 9.17) is 5.73 Å². The van der Waals surface area contributed by atoms with Gasteiger partial charge in [-0.1, -0.05) is 24.1 Å². The maximum Gasteiger partial charge on any atom is 0.107 e. The Labute approximate surface area is 141 Å². The van der Waals surface area contributed by atoms with Crippen molar-refractivity contribution in [3.8, 4) is 0 Å². The topological polar surface area (TPSA) is 74.1 Å². The van der Waals surface area contributed by atoms with Crippen LogP contribution < -0.4 is 26.4 Å². The van der Waals surface area contributed by atoms with Crippen LogP contribution in [0.25, 0.3) is 5.70 Å². The molecule has 122 valence electrons. The predicted molar refractivity (Wildman–Crippen MR) is 98.9 cm³/mol. The van der Waals surface area contributed by atoms with Crippen molar-refractivity contribution in [2.45, 2.75) is 12.8 Å². The first kappa shape index (κ1) is 15.7. The zero-order chi connectivity index (χ0) is 16.1. The molecular formula is C17H23N5S. The van der Waals surface area contributed by atoms with E-state index in [-0.39, 0.29) is 0 Å². The van der Waals surface area contributed by atoms with E-state index >= 15 is 0 Å². The minimum absolute atomic E-state index is 0.701. The molecule has 1 aromatic rings. The molecule has 1 fully saturated rings. The molecule has 23 heavy (non-hydrogen) atoms. The molecule has 0 spiro atoms. The maximum atomic E-state index is 5.95. The summed E-state index contributed by atoms with van der Waals surface area (Å²) in [7, 11) is 0. The van der Waals surface area contributed by atoms with Gasteiger partial charge in [0.25, 0.3) is 0 Å². The fourth-order valence-electron chi connectivity index (χ4n) is 2.30. The van der Waals surface area contributed by atoms with E-state index in [0.717, 1.165) is 35.2 Å². The molecule has 0 unspecified atom stereocenters. The van der Waals surface area contributed by atoms with E-state index in [2.05, 4.69) is 38.9 Å². The average molecular weight is 329 g/mol. The van der Waals surface area contributed by atoms with Crippen LogP contribution >= 0.6 is 11.9 Å². The number of hydrogen-bond acceptors (Lipinski definition) is 6. The molecule has 0 aromatic heterocycles. The Morgan fingerprint density at radius 1 is 1.43 bits per heavy atom. The first-order valence-corrected chi connectivity index (χ1v) is 9.01. The zero-order valence-corrected chi connectivity index (χ0v) is 14.0. The Bertz CT molecular complexity index is 646. The third-order valence-corrected chi connectivity index (χ3v) is 4.20. The number of allylic oxidation sites excluding steroid dienone is 2. The van der Waals surface area contributed by atoms with E-state index in [1.54, 1.807) is 11.9 Å². The van der Waals surface area contributed by atoms with Gasteiger partial charge in [-0.25, -0.2) is 0 Å². The van der Waals surface area contributed by atoms with Crippen LogP contribution in [0.1, 0.15) is 18.4 Å². The Hall–Kier alpha value is -2.21. The fourth-order valence-corrected chi connectivity index (χ4v) is 2.66. The highest BCUT2D eigenvalue weighted by molar-refractivity contribution is 7.99. The van der Waals surface area contributed by atoms with E-state index in [9.17, 15) is 0 Å². The van der Waals surface area contributed by atoms with Crippen LogP contribution in [0, 0.1) is 5.92 Å². The first-order chi connectivity index (χ1) is 11.2. The molecule has 1 aliphatic carbocycles. The maximum absolute atomic E-state index is 5.95. The van der Waals surface area contributed by atoms with Crippen molar-refractivity contribution in [2.24, 2.45) is 11.7 Å². The summed E-state index contributed by atoms with van der Waals surface area (Å²) in [5.74, 6) is 2.43. The number of hydrogen-bond donors (Lipinski definition) is 5. The molecular weight excluding hydrogens is 306 g/mol. The van der Waals surface area contributed by atoms with Crippen LogP contribution in [-0.4, -0.2) is 12.8 Å². The average Bonchev–Trinajstić information content (AvgIpc) is 3.27. The van der Waals surface area contributed by atoms with Crippen molar-refractivity contribution in [1.29, 1.82) is 0 Å². The van der Waals surface area contributed by atoms with Crippen molar-refractivity contribution >= 4 is 23.3 Å². The SMILES string of the molecule is CSNc1cccc(C2=CN/C(=C/C=C(\N)NCC3CC3)N2)c1. The van der Waals surface area contributed by atoms with Crippen LogP contribution in [0.2, 0.25) is 0 Å². The van der Waals surface area contributed by atoms with E-state index in [1.165, 1.54) is 12.8 Å². The normalized spacial score (nSPS) is 19.1. The summed E-state index contributed by atoms with van der Waals surface area (Å²) < 4.78 is 3.24. The van der Waals surface area contributed by atoms with Crippen molar-refractivity contribution in [1.82, 2.24) is 16.0 Å². The Kier molecular flexibility index (Phi) is 5.02. The van der Waals surface area contributed by atoms with Crippen molar-refractivity contribution in [2.75, 3.05) is 17.5 Å². The third-order valence-electron chi connectivity index (χ3n) is 3.76. The molecule has 1 saturated carbocycles. The predicted octanol–water partition coefficient (Wildman–Crippen LogP) is 2.51. The van der Waals surface area contributed by atoms with Gasteiger partial charge in [-0.15, -0.1) is 0 Å². The summed E-state index contributed by atoms with van der Waals surface area (Å²) in [6, 6.07) is 8.28. The second-order valence-corrected chi connectivity index (χ2v) is 6.35. The van der Waals surface area contributed by atoms with Crippen LogP contribution in [-0.2, 0) is 0 Å². The molecule has 5 nitrogen and oxygen atoms in total.